The van der Waals surface area contributed by atoms with Gasteiger partial charge in [-0.2, -0.15) is 13.2 Å². The Morgan fingerprint density at radius 3 is 2.49 bits per heavy atom. The number of aromatic nitrogens is 2. The molecule has 2 unspecified atom stereocenters. The molecule has 0 radical (unpaired) electrons. The van der Waals surface area contributed by atoms with Crippen LogP contribution in [0.5, 0.6) is 11.5 Å². The molecular formula is C24H25ClF3N3O4. The standard InChI is InChI=1S/C24H25ClF3N3O4/c1-33-18-7-15(3-4-17(18)30-22-29-11-16(20(25)31-22)24(26,27)28)35-19-13-5-12-6-14(19)10-23(8-12,9-13)21(32)34-2/h3-4,7,11-14,19H,5-6,8-10H2,1-2H3,(H,29,30,31). The highest BCUT2D eigenvalue weighted by atomic mass is 35.5. The van der Waals surface area contributed by atoms with Gasteiger partial charge in [-0.3, -0.25) is 4.79 Å². The Balaban J connectivity index is 1.32. The highest BCUT2D eigenvalue weighted by Crippen LogP contribution is 2.61. The summed E-state index contributed by atoms with van der Waals surface area (Å²) >= 11 is 5.69. The summed E-state index contributed by atoms with van der Waals surface area (Å²) < 4.78 is 55.8. The molecule has 6 rings (SSSR count). The summed E-state index contributed by atoms with van der Waals surface area (Å²) in [6.45, 7) is 0. The van der Waals surface area contributed by atoms with Gasteiger partial charge in [0.1, 0.15) is 28.3 Å². The summed E-state index contributed by atoms with van der Waals surface area (Å²) in [5.74, 6) is 1.93. The minimum absolute atomic E-state index is 0.00454. The van der Waals surface area contributed by atoms with Crippen molar-refractivity contribution in [2.24, 2.45) is 23.2 Å². The van der Waals surface area contributed by atoms with E-state index < -0.39 is 16.9 Å². The van der Waals surface area contributed by atoms with Crippen LogP contribution in [0, 0.1) is 23.2 Å². The van der Waals surface area contributed by atoms with E-state index in [9.17, 15) is 18.0 Å². The first-order valence-electron chi connectivity index (χ1n) is 11.4. The van der Waals surface area contributed by atoms with E-state index in [1.807, 2.05) is 0 Å². The van der Waals surface area contributed by atoms with Crippen LogP contribution in [0.2, 0.25) is 5.15 Å². The minimum atomic E-state index is -4.64. The number of ether oxygens (including phenoxy) is 3. The van der Waals surface area contributed by atoms with Crippen molar-refractivity contribution in [2.75, 3.05) is 19.5 Å². The first-order chi connectivity index (χ1) is 16.6. The van der Waals surface area contributed by atoms with Gasteiger partial charge < -0.3 is 19.5 Å². The van der Waals surface area contributed by atoms with E-state index in [2.05, 4.69) is 15.3 Å². The average Bonchev–Trinajstić information content (AvgIpc) is 2.80. The van der Waals surface area contributed by atoms with Crippen LogP contribution in [-0.4, -0.2) is 36.3 Å². The maximum Gasteiger partial charge on any atom is 0.420 e. The predicted molar refractivity (Wildman–Crippen MR) is 121 cm³/mol. The van der Waals surface area contributed by atoms with Crippen LogP contribution in [0.25, 0.3) is 0 Å². The van der Waals surface area contributed by atoms with E-state index in [4.69, 9.17) is 25.8 Å². The van der Waals surface area contributed by atoms with E-state index in [1.165, 1.54) is 14.2 Å². The smallest absolute Gasteiger partial charge is 0.420 e. The van der Waals surface area contributed by atoms with E-state index in [1.54, 1.807) is 18.2 Å². The highest BCUT2D eigenvalue weighted by Gasteiger charge is 2.60. The molecule has 1 heterocycles. The summed E-state index contributed by atoms with van der Waals surface area (Å²) in [5.41, 5.74) is -1.03. The van der Waals surface area contributed by atoms with Crippen LogP contribution in [0.1, 0.15) is 37.7 Å². The Labute approximate surface area is 205 Å². The van der Waals surface area contributed by atoms with Crippen LogP contribution in [-0.2, 0) is 15.7 Å². The fraction of sp³-hybridized carbons (Fsp3) is 0.542. The number of carbonyl (C=O) groups is 1. The Morgan fingerprint density at radius 1 is 1.17 bits per heavy atom. The lowest BCUT2D eigenvalue weighted by Crippen LogP contribution is -2.58. The van der Waals surface area contributed by atoms with Crippen molar-refractivity contribution in [3.8, 4) is 11.5 Å². The molecule has 0 spiro atoms. The zero-order chi connectivity index (χ0) is 25.0. The lowest BCUT2D eigenvalue weighted by molar-refractivity contribution is -0.179. The molecule has 4 fully saturated rings. The van der Waals surface area contributed by atoms with Gasteiger partial charge in [0.15, 0.2) is 0 Å². The Hall–Kier alpha value is -2.75. The SMILES string of the molecule is COC(=O)C12CC3CC(C1)C(Oc1ccc(Nc4ncc(C(F)(F)F)c(Cl)n4)c(OC)c1)C(C3)C2. The number of methoxy groups -OCH3 is 2. The van der Waals surface area contributed by atoms with Crippen molar-refractivity contribution in [2.45, 2.75) is 44.4 Å². The van der Waals surface area contributed by atoms with Crippen molar-refractivity contribution in [1.82, 2.24) is 9.97 Å². The molecule has 1 aromatic carbocycles. The second-order valence-corrected chi connectivity index (χ2v) is 10.1. The molecule has 4 aliphatic carbocycles. The molecular weight excluding hydrogens is 487 g/mol. The molecule has 4 aliphatic rings. The molecule has 188 valence electrons. The van der Waals surface area contributed by atoms with Crippen molar-refractivity contribution in [3.63, 3.8) is 0 Å². The number of carbonyl (C=O) groups excluding carboxylic acids is 1. The summed E-state index contributed by atoms with van der Waals surface area (Å²) in [6.07, 6.45) is 0.551. The van der Waals surface area contributed by atoms with Gasteiger partial charge >= 0.3 is 12.1 Å². The normalized spacial score (nSPS) is 29.1. The van der Waals surface area contributed by atoms with Gasteiger partial charge in [0.05, 0.1) is 25.3 Å². The predicted octanol–water partition coefficient (Wildman–Crippen LogP) is 5.65. The third-order valence-corrected chi connectivity index (χ3v) is 7.83. The Bertz CT molecular complexity index is 1130. The topological polar surface area (TPSA) is 82.6 Å². The van der Waals surface area contributed by atoms with E-state index in [0.29, 0.717) is 29.3 Å². The number of hydrogen-bond donors (Lipinski definition) is 1. The van der Waals surface area contributed by atoms with Crippen molar-refractivity contribution in [3.05, 3.63) is 35.1 Å². The minimum Gasteiger partial charge on any atom is -0.494 e. The van der Waals surface area contributed by atoms with Gasteiger partial charge in [-0.15, -0.1) is 0 Å². The van der Waals surface area contributed by atoms with E-state index in [-0.39, 0.29) is 35.3 Å². The van der Waals surface area contributed by atoms with Gasteiger partial charge in [0.25, 0.3) is 0 Å². The largest absolute Gasteiger partial charge is 0.494 e. The highest BCUT2D eigenvalue weighted by molar-refractivity contribution is 6.30. The molecule has 2 aromatic rings. The molecule has 35 heavy (non-hydrogen) atoms. The van der Waals surface area contributed by atoms with Crippen LogP contribution in [0.4, 0.5) is 24.8 Å². The van der Waals surface area contributed by atoms with Crippen LogP contribution < -0.4 is 14.8 Å². The fourth-order valence-electron chi connectivity index (χ4n) is 6.37. The number of nitrogens with one attached hydrogen (secondary N) is 1. The average molecular weight is 512 g/mol. The van der Waals surface area contributed by atoms with Gasteiger partial charge in [-0.25, -0.2) is 9.97 Å². The lowest BCUT2D eigenvalue weighted by atomic mass is 9.48. The molecule has 1 aromatic heterocycles. The van der Waals surface area contributed by atoms with E-state index >= 15 is 0 Å². The summed E-state index contributed by atoms with van der Waals surface area (Å²) in [6, 6.07) is 5.17. The fourth-order valence-corrected chi connectivity index (χ4v) is 6.61. The maximum atomic E-state index is 12.9. The van der Waals surface area contributed by atoms with Gasteiger partial charge in [-0.05, 0) is 62.0 Å². The first kappa shape index (κ1) is 24.0. The zero-order valence-electron chi connectivity index (χ0n) is 19.2. The van der Waals surface area contributed by atoms with Crippen LogP contribution in [0.15, 0.2) is 24.4 Å². The quantitative estimate of drug-likeness (QED) is 0.396. The molecule has 4 saturated carbocycles. The molecule has 11 heteroatoms. The van der Waals surface area contributed by atoms with Crippen LogP contribution >= 0.6 is 11.6 Å². The molecule has 2 atom stereocenters. The molecule has 7 nitrogen and oxygen atoms in total. The molecule has 4 bridgehead atoms. The van der Waals surface area contributed by atoms with Crippen molar-refractivity contribution < 1.29 is 32.2 Å². The third kappa shape index (κ3) is 4.37. The Kier molecular flexibility index (Phi) is 5.97. The number of rotatable bonds is 6. The molecule has 0 amide bonds. The summed E-state index contributed by atoms with van der Waals surface area (Å²) in [7, 11) is 2.94. The van der Waals surface area contributed by atoms with Crippen molar-refractivity contribution >= 4 is 29.2 Å². The number of benzene rings is 1. The number of anilines is 2. The monoisotopic (exact) mass is 511 g/mol. The molecule has 0 saturated heterocycles. The number of hydrogen-bond acceptors (Lipinski definition) is 7. The van der Waals surface area contributed by atoms with Crippen molar-refractivity contribution in [1.29, 1.82) is 0 Å². The summed E-state index contributed by atoms with van der Waals surface area (Å²) in [4.78, 5) is 20.0. The van der Waals surface area contributed by atoms with Gasteiger partial charge in [-0.1, -0.05) is 11.6 Å². The second kappa shape index (κ2) is 8.72. The summed E-state index contributed by atoms with van der Waals surface area (Å²) in [5, 5.41) is 2.15. The number of nitrogens with zero attached hydrogens (tertiary/aromatic N) is 2. The second-order valence-electron chi connectivity index (χ2n) is 9.71. The van der Waals surface area contributed by atoms with E-state index in [0.717, 1.165) is 32.1 Å². The van der Waals surface area contributed by atoms with Gasteiger partial charge in [0.2, 0.25) is 5.95 Å². The number of halogens is 4. The Morgan fingerprint density at radius 2 is 1.89 bits per heavy atom. The lowest BCUT2D eigenvalue weighted by Gasteiger charge is -2.58. The molecule has 1 N–H and O–H groups in total. The van der Waals surface area contributed by atoms with Crippen LogP contribution in [0.3, 0.4) is 0 Å². The third-order valence-electron chi connectivity index (χ3n) is 7.54. The number of esters is 1. The maximum absolute atomic E-state index is 12.9. The first-order valence-corrected chi connectivity index (χ1v) is 11.8. The number of alkyl halides is 3. The molecule has 0 aliphatic heterocycles. The zero-order valence-corrected chi connectivity index (χ0v) is 19.9. The van der Waals surface area contributed by atoms with Gasteiger partial charge in [0, 0.05) is 12.3 Å².